The van der Waals surface area contributed by atoms with Crippen LogP contribution in [0.5, 0.6) is 0 Å². The molecule has 110 valence electrons. The molecular formula is C16H17NO4. The van der Waals surface area contributed by atoms with Crippen LogP contribution in [0.15, 0.2) is 24.3 Å². The highest BCUT2D eigenvalue weighted by Gasteiger charge is 2.32. The van der Waals surface area contributed by atoms with E-state index in [1.807, 2.05) is 13.8 Å². The van der Waals surface area contributed by atoms with Gasteiger partial charge in [0.05, 0.1) is 5.69 Å². The third-order valence-corrected chi connectivity index (χ3v) is 3.44. The standard InChI is InChI=1S/C16H17NO4/c1-10-7-14(18)17(15(19)8-10)13-9-12(4-3-11(13)2)5-6-16(20)21/h3-6,9-10H,7-8H2,1-2H3,(H,20,21). The van der Waals surface area contributed by atoms with Gasteiger partial charge in [-0.3, -0.25) is 14.5 Å². The second kappa shape index (κ2) is 5.91. The maximum Gasteiger partial charge on any atom is 0.328 e. The van der Waals surface area contributed by atoms with Crippen molar-refractivity contribution in [3.63, 3.8) is 0 Å². The number of amides is 2. The molecule has 1 aliphatic rings. The number of carboxylic acids is 1. The molecule has 2 amide bonds. The molecule has 0 spiro atoms. The van der Waals surface area contributed by atoms with Crippen LogP contribution in [-0.4, -0.2) is 22.9 Å². The van der Waals surface area contributed by atoms with Gasteiger partial charge in [-0.2, -0.15) is 0 Å². The number of carbonyl (C=O) groups excluding carboxylic acids is 2. The predicted molar refractivity (Wildman–Crippen MR) is 78.7 cm³/mol. The first kappa shape index (κ1) is 15.0. The van der Waals surface area contributed by atoms with Crippen molar-refractivity contribution in [1.29, 1.82) is 0 Å². The maximum atomic E-state index is 12.1. The summed E-state index contributed by atoms with van der Waals surface area (Å²) in [6, 6.07) is 5.19. The molecule has 21 heavy (non-hydrogen) atoms. The molecule has 5 nitrogen and oxygen atoms in total. The van der Waals surface area contributed by atoms with Crippen molar-refractivity contribution in [2.24, 2.45) is 5.92 Å². The van der Waals surface area contributed by atoms with E-state index < -0.39 is 5.97 Å². The van der Waals surface area contributed by atoms with Gasteiger partial charge < -0.3 is 5.11 Å². The number of aliphatic carboxylic acids is 1. The minimum Gasteiger partial charge on any atom is -0.478 e. The lowest BCUT2D eigenvalue weighted by Gasteiger charge is -2.29. The fraction of sp³-hybridized carbons (Fsp3) is 0.312. The molecule has 1 fully saturated rings. The predicted octanol–water partition coefficient (Wildman–Crippen LogP) is 2.38. The average Bonchev–Trinajstić information content (AvgIpc) is 2.38. The lowest BCUT2D eigenvalue weighted by atomic mass is 9.96. The quantitative estimate of drug-likeness (QED) is 0.684. The second-order valence-electron chi connectivity index (χ2n) is 5.35. The Hall–Kier alpha value is -2.43. The Bertz CT molecular complexity index is 615. The Kier molecular flexibility index (Phi) is 4.21. The fourth-order valence-electron chi connectivity index (χ4n) is 2.40. The van der Waals surface area contributed by atoms with E-state index in [-0.39, 0.29) is 17.7 Å². The summed E-state index contributed by atoms with van der Waals surface area (Å²) in [5.41, 5.74) is 1.97. The highest BCUT2D eigenvalue weighted by atomic mass is 16.4. The maximum absolute atomic E-state index is 12.1. The SMILES string of the molecule is Cc1ccc(C=CC(=O)O)cc1N1C(=O)CC(C)CC1=O. The number of carboxylic acid groups (broad SMARTS) is 1. The first-order valence-corrected chi connectivity index (χ1v) is 6.76. The van der Waals surface area contributed by atoms with Gasteiger partial charge >= 0.3 is 5.97 Å². The summed E-state index contributed by atoms with van der Waals surface area (Å²) < 4.78 is 0. The monoisotopic (exact) mass is 287 g/mol. The van der Waals surface area contributed by atoms with E-state index in [2.05, 4.69) is 0 Å². The van der Waals surface area contributed by atoms with Gasteiger partial charge in [-0.1, -0.05) is 19.1 Å². The molecule has 5 heteroatoms. The highest BCUT2D eigenvalue weighted by Crippen LogP contribution is 2.29. The van der Waals surface area contributed by atoms with Gasteiger partial charge in [0.15, 0.2) is 0 Å². The Labute approximate surface area is 122 Å². The van der Waals surface area contributed by atoms with Gasteiger partial charge in [-0.05, 0) is 36.1 Å². The van der Waals surface area contributed by atoms with Crippen molar-refractivity contribution in [1.82, 2.24) is 0 Å². The fourth-order valence-corrected chi connectivity index (χ4v) is 2.40. The Morgan fingerprint density at radius 2 is 1.90 bits per heavy atom. The zero-order valence-corrected chi connectivity index (χ0v) is 12.0. The van der Waals surface area contributed by atoms with Gasteiger partial charge in [-0.25, -0.2) is 4.79 Å². The zero-order valence-electron chi connectivity index (χ0n) is 12.0. The van der Waals surface area contributed by atoms with Crippen LogP contribution in [-0.2, 0) is 14.4 Å². The number of nitrogens with zero attached hydrogens (tertiary/aromatic N) is 1. The molecule has 1 aromatic rings. The number of hydrogen-bond acceptors (Lipinski definition) is 3. The van der Waals surface area contributed by atoms with E-state index in [4.69, 9.17) is 5.11 Å². The van der Waals surface area contributed by atoms with Crippen LogP contribution in [0.1, 0.15) is 30.9 Å². The Balaban J connectivity index is 2.38. The number of hydrogen-bond donors (Lipinski definition) is 1. The summed E-state index contributed by atoms with van der Waals surface area (Å²) in [4.78, 5) is 36.1. The van der Waals surface area contributed by atoms with Crippen LogP contribution >= 0.6 is 0 Å². The molecule has 0 aliphatic carbocycles. The third kappa shape index (κ3) is 3.37. The summed E-state index contributed by atoms with van der Waals surface area (Å²) in [6.07, 6.45) is 3.16. The van der Waals surface area contributed by atoms with E-state index >= 15 is 0 Å². The van der Waals surface area contributed by atoms with Crippen molar-refractivity contribution in [2.75, 3.05) is 4.90 Å². The van der Waals surface area contributed by atoms with Gasteiger partial charge in [-0.15, -0.1) is 0 Å². The molecule has 1 aromatic carbocycles. The lowest BCUT2D eigenvalue weighted by Crippen LogP contribution is -2.43. The van der Waals surface area contributed by atoms with Crippen molar-refractivity contribution in [2.45, 2.75) is 26.7 Å². The Morgan fingerprint density at radius 3 is 2.48 bits per heavy atom. The third-order valence-electron chi connectivity index (χ3n) is 3.44. The first-order valence-electron chi connectivity index (χ1n) is 6.76. The molecule has 0 radical (unpaired) electrons. The molecule has 1 N–H and O–H groups in total. The normalized spacial score (nSPS) is 16.8. The summed E-state index contributed by atoms with van der Waals surface area (Å²) in [7, 11) is 0. The topological polar surface area (TPSA) is 74.7 Å². The molecule has 0 saturated carbocycles. The number of imide groups is 1. The summed E-state index contributed by atoms with van der Waals surface area (Å²) in [5.74, 6) is -1.39. The molecule has 1 heterocycles. The molecule has 0 atom stereocenters. The van der Waals surface area contributed by atoms with Crippen LogP contribution in [0.2, 0.25) is 0 Å². The second-order valence-corrected chi connectivity index (χ2v) is 5.35. The molecule has 2 rings (SSSR count). The number of piperidine rings is 1. The van der Waals surface area contributed by atoms with Crippen molar-refractivity contribution in [3.8, 4) is 0 Å². The highest BCUT2D eigenvalue weighted by molar-refractivity contribution is 6.17. The summed E-state index contributed by atoms with van der Waals surface area (Å²) >= 11 is 0. The van der Waals surface area contributed by atoms with Crippen LogP contribution in [0.4, 0.5) is 5.69 Å². The average molecular weight is 287 g/mol. The smallest absolute Gasteiger partial charge is 0.328 e. The van der Waals surface area contributed by atoms with Crippen LogP contribution in [0.3, 0.4) is 0 Å². The van der Waals surface area contributed by atoms with Gasteiger partial charge in [0, 0.05) is 18.9 Å². The number of benzene rings is 1. The van der Waals surface area contributed by atoms with Crippen molar-refractivity contribution < 1.29 is 19.5 Å². The van der Waals surface area contributed by atoms with Crippen molar-refractivity contribution in [3.05, 3.63) is 35.4 Å². The van der Waals surface area contributed by atoms with E-state index in [0.717, 1.165) is 11.6 Å². The van der Waals surface area contributed by atoms with E-state index in [1.165, 1.54) is 11.0 Å². The zero-order chi connectivity index (χ0) is 15.6. The number of anilines is 1. The van der Waals surface area contributed by atoms with E-state index in [9.17, 15) is 14.4 Å². The number of rotatable bonds is 3. The largest absolute Gasteiger partial charge is 0.478 e. The Morgan fingerprint density at radius 1 is 1.29 bits per heavy atom. The van der Waals surface area contributed by atoms with E-state index in [0.29, 0.717) is 24.1 Å². The molecular weight excluding hydrogens is 270 g/mol. The molecule has 1 aliphatic heterocycles. The minimum absolute atomic E-state index is 0.0663. The summed E-state index contributed by atoms with van der Waals surface area (Å²) in [5, 5.41) is 8.66. The lowest BCUT2D eigenvalue weighted by molar-refractivity contribution is -0.132. The first-order chi connectivity index (χ1) is 9.88. The van der Waals surface area contributed by atoms with Gasteiger partial charge in [0.2, 0.25) is 11.8 Å². The van der Waals surface area contributed by atoms with Crippen LogP contribution in [0.25, 0.3) is 6.08 Å². The molecule has 0 aromatic heterocycles. The minimum atomic E-state index is -1.05. The molecule has 0 bridgehead atoms. The van der Waals surface area contributed by atoms with Crippen LogP contribution < -0.4 is 4.90 Å². The van der Waals surface area contributed by atoms with Crippen LogP contribution in [0, 0.1) is 12.8 Å². The number of carbonyl (C=O) groups is 3. The van der Waals surface area contributed by atoms with E-state index in [1.54, 1.807) is 18.2 Å². The van der Waals surface area contributed by atoms with Gasteiger partial charge in [0.1, 0.15) is 0 Å². The van der Waals surface area contributed by atoms with Crippen molar-refractivity contribution >= 4 is 29.5 Å². The number of aryl methyl sites for hydroxylation is 1. The molecule has 0 unspecified atom stereocenters. The van der Waals surface area contributed by atoms with Gasteiger partial charge in [0.25, 0.3) is 0 Å². The summed E-state index contributed by atoms with van der Waals surface area (Å²) in [6.45, 7) is 3.70. The molecule has 1 saturated heterocycles.